The van der Waals surface area contributed by atoms with Crippen molar-refractivity contribution in [1.82, 2.24) is 19.8 Å². The zero-order valence-corrected chi connectivity index (χ0v) is 17.2. The van der Waals surface area contributed by atoms with E-state index in [4.69, 9.17) is 4.98 Å². The second kappa shape index (κ2) is 8.57. The maximum atomic E-state index is 12.3. The van der Waals surface area contributed by atoms with Crippen molar-refractivity contribution >= 4 is 17.2 Å². The van der Waals surface area contributed by atoms with Gasteiger partial charge in [-0.05, 0) is 61.2 Å². The van der Waals surface area contributed by atoms with Gasteiger partial charge in [0.1, 0.15) is 5.82 Å². The molecule has 1 N–H and O–H groups in total. The molecule has 0 saturated carbocycles. The Balaban J connectivity index is 1.43. The lowest BCUT2D eigenvalue weighted by molar-refractivity contribution is -0.130. The van der Waals surface area contributed by atoms with Gasteiger partial charge in [-0.25, -0.2) is 4.98 Å². The third kappa shape index (κ3) is 4.52. The van der Waals surface area contributed by atoms with Crippen LogP contribution in [0.15, 0.2) is 27.7 Å². The molecule has 4 heterocycles. The largest absolute Gasteiger partial charge is 0.342 e. The summed E-state index contributed by atoms with van der Waals surface area (Å²) in [7, 11) is 0. The fourth-order valence-electron chi connectivity index (χ4n) is 4.41. The molecule has 0 bridgehead atoms. The molecule has 1 atom stereocenters. The highest BCUT2D eigenvalue weighted by Gasteiger charge is 2.27. The molecule has 1 amide bonds. The molecule has 0 aliphatic carbocycles. The molecule has 6 nitrogen and oxygen atoms in total. The van der Waals surface area contributed by atoms with Crippen LogP contribution in [-0.2, 0) is 11.3 Å². The van der Waals surface area contributed by atoms with Crippen molar-refractivity contribution in [3.05, 3.63) is 50.3 Å². The van der Waals surface area contributed by atoms with Crippen molar-refractivity contribution in [2.75, 3.05) is 26.2 Å². The van der Waals surface area contributed by atoms with Gasteiger partial charge in [-0.15, -0.1) is 0 Å². The quantitative estimate of drug-likeness (QED) is 0.857. The number of piperidine rings is 2. The number of nitrogens with zero attached hydrogens (tertiary/aromatic N) is 3. The van der Waals surface area contributed by atoms with Crippen LogP contribution in [0, 0.1) is 0 Å². The molecule has 0 radical (unpaired) electrons. The molecule has 2 fully saturated rings. The predicted molar refractivity (Wildman–Crippen MR) is 111 cm³/mol. The molecular weight excluding hydrogens is 372 g/mol. The van der Waals surface area contributed by atoms with E-state index in [0.717, 1.165) is 63.4 Å². The van der Waals surface area contributed by atoms with Gasteiger partial charge in [-0.1, -0.05) is 0 Å². The molecule has 0 unspecified atom stereocenters. The molecule has 150 valence electrons. The molecule has 0 aromatic carbocycles. The monoisotopic (exact) mass is 400 g/mol. The molecule has 2 aromatic rings. The summed E-state index contributed by atoms with van der Waals surface area (Å²) < 4.78 is 0. The van der Waals surface area contributed by atoms with Crippen molar-refractivity contribution in [1.29, 1.82) is 0 Å². The Labute approximate surface area is 169 Å². The second-order valence-electron chi connectivity index (χ2n) is 8.04. The van der Waals surface area contributed by atoms with E-state index in [9.17, 15) is 9.59 Å². The maximum absolute atomic E-state index is 12.3. The first-order chi connectivity index (χ1) is 13.6. The number of carbonyl (C=O) groups excluding carboxylic acids is 1. The van der Waals surface area contributed by atoms with Crippen molar-refractivity contribution < 1.29 is 4.79 Å². The van der Waals surface area contributed by atoms with Crippen molar-refractivity contribution in [3.63, 3.8) is 0 Å². The summed E-state index contributed by atoms with van der Waals surface area (Å²) in [5.41, 5.74) is 2.16. The molecule has 28 heavy (non-hydrogen) atoms. The minimum atomic E-state index is -0.0688. The molecular formula is C21H28N4O2S. The third-order valence-corrected chi connectivity index (χ3v) is 6.76. The fourth-order valence-corrected chi connectivity index (χ4v) is 5.07. The Hall–Kier alpha value is -1.99. The van der Waals surface area contributed by atoms with Crippen LogP contribution in [0.2, 0.25) is 0 Å². The zero-order chi connectivity index (χ0) is 19.5. The van der Waals surface area contributed by atoms with Crippen molar-refractivity contribution in [2.24, 2.45) is 0 Å². The lowest BCUT2D eigenvalue weighted by Gasteiger charge is -2.33. The maximum Gasteiger partial charge on any atom is 0.251 e. The lowest BCUT2D eigenvalue weighted by atomic mass is 9.93. The molecule has 2 aliphatic rings. The van der Waals surface area contributed by atoms with Crippen molar-refractivity contribution in [2.45, 2.75) is 51.0 Å². The highest BCUT2D eigenvalue weighted by Crippen LogP contribution is 2.29. The number of hydrogen-bond donors (Lipinski definition) is 1. The van der Waals surface area contributed by atoms with Crippen LogP contribution in [0.25, 0.3) is 0 Å². The Morgan fingerprint density at radius 3 is 2.79 bits per heavy atom. The van der Waals surface area contributed by atoms with Gasteiger partial charge in [0.15, 0.2) is 0 Å². The first-order valence-corrected chi connectivity index (χ1v) is 11.1. The molecule has 2 aromatic heterocycles. The van der Waals surface area contributed by atoms with Gasteiger partial charge in [-0.2, -0.15) is 11.3 Å². The first-order valence-electron chi connectivity index (χ1n) is 10.2. The Morgan fingerprint density at radius 2 is 2.07 bits per heavy atom. The number of aromatic amines is 1. The summed E-state index contributed by atoms with van der Waals surface area (Å²) >= 11 is 1.74. The van der Waals surface area contributed by atoms with Gasteiger partial charge in [-0.3, -0.25) is 14.5 Å². The normalized spacial score (nSPS) is 21.8. The fraction of sp³-hybridized carbons (Fsp3) is 0.571. The number of likely N-dealkylation sites (tertiary alicyclic amines) is 2. The van der Waals surface area contributed by atoms with E-state index in [1.165, 1.54) is 5.56 Å². The van der Waals surface area contributed by atoms with Crippen LogP contribution in [0.3, 0.4) is 0 Å². The second-order valence-corrected chi connectivity index (χ2v) is 8.82. The smallest absolute Gasteiger partial charge is 0.251 e. The molecule has 2 saturated heterocycles. The van der Waals surface area contributed by atoms with Crippen LogP contribution in [0.1, 0.15) is 61.5 Å². The third-order valence-electron chi connectivity index (χ3n) is 6.03. The van der Waals surface area contributed by atoms with E-state index in [1.807, 2.05) is 4.90 Å². The highest BCUT2D eigenvalue weighted by molar-refractivity contribution is 7.07. The average Bonchev–Trinajstić information content (AvgIpc) is 3.21. The van der Waals surface area contributed by atoms with Gasteiger partial charge in [0.05, 0.1) is 5.69 Å². The summed E-state index contributed by atoms with van der Waals surface area (Å²) in [5.74, 6) is 1.40. The summed E-state index contributed by atoms with van der Waals surface area (Å²) in [6, 6.07) is 3.82. The first kappa shape index (κ1) is 19.3. The molecule has 4 rings (SSSR count). The van der Waals surface area contributed by atoms with E-state index >= 15 is 0 Å². The predicted octanol–water partition coefficient (Wildman–Crippen LogP) is 2.94. The minimum Gasteiger partial charge on any atom is -0.342 e. The van der Waals surface area contributed by atoms with Crippen LogP contribution in [0.5, 0.6) is 0 Å². The van der Waals surface area contributed by atoms with Crippen molar-refractivity contribution in [3.8, 4) is 0 Å². The number of thiophene rings is 1. The summed E-state index contributed by atoms with van der Waals surface area (Å²) in [5, 5.41) is 4.34. The minimum absolute atomic E-state index is 0.0688. The molecule has 2 aliphatic heterocycles. The SMILES string of the molecule is CC(=O)N1CCC[C@@H](c2cc(=O)[nH]c(C3CCN(Cc4ccsc4)CC3)n2)C1. The Bertz CT molecular complexity index is 856. The average molecular weight is 401 g/mol. The van der Waals surface area contributed by atoms with Crippen LogP contribution in [0.4, 0.5) is 0 Å². The van der Waals surface area contributed by atoms with E-state index in [-0.39, 0.29) is 17.4 Å². The van der Waals surface area contributed by atoms with Gasteiger partial charge in [0.2, 0.25) is 5.91 Å². The molecule has 7 heteroatoms. The van der Waals surface area contributed by atoms with E-state index in [1.54, 1.807) is 24.3 Å². The van der Waals surface area contributed by atoms with Crippen LogP contribution in [-0.4, -0.2) is 51.9 Å². The van der Waals surface area contributed by atoms with E-state index < -0.39 is 0 Å². The number of aromatic nitrogens is 2. The number of hydrogen-bond acceptors (Lipinski definition) is 5. The lowest BCUT2D eigenvalue weighted by Crippen LogP contribution is -2.38. The number of carbonyl (C=O) groups is 1. The highest BCUT2D eigenvalue weighted by atomic mass is 32.1. The Kier molecular flexibility index (Phi) is 5.92. The zero-order valence-electron chi connectivity index (χ0n) is 16.4. The van der Waals surface area contributed by atoms with E-state index in [0.29, 0.717) is 12.5 Å². The Morgan fingerprint density at radius 1 is 1.25 bits per heavy atom. The van der Waals surface area contributed by atoms with Gasteiger partial charge in [0, 0.05) is 44.5 Å². The standard InChI is InChI=1S/C21H28N4O2S/c1-15(26)25-7-2-3-18(13-25)19-11-20(27)23-21(22-19)17-4-8-24(9-5-17)12-16-6-10-28-14-16/h6,10-11,14,17-18H,2-5,7-9,12-13H2,1H3,(H,22,23,27)/t18-/m1/s1. The number of H-pyrrole nitrogens is 1. The van der Waals surface area contributed by atoms with Crippen LogP contribution >= 0.6 is 11.3 Å². The summed E-state index contributed by atoms with van der Waals surface area (Å²) in [6.07, 6.45) is 3.98. The van der Waals surface area contributed by atoms with Gasteiger partial charge >= 0.3 is 0 Å². The number of amides is 1. The van der Waals surface area contributed by atoms with Gasteiger partial charge < -0.3 is 9.88 Å². The number of nitrogens with one attached hydrogen (secondary N) is 1. The van der Waals surface area contributed by atoms with Gasteiger partial charge in [0.25, 0.3) is 5.56 Å². The van der Waals surface area contributed by atoms with Crippen LogP contribution < -0.4 is 5.56 Å². The molecule has 0 spiro atoms. The number of rotatable bonds is 4. The summed E-state index contributed by atoms with van der Waals surface area (Å²) in [4.78, 5) is 36.2. The van der Waals surface area contributed by atoms with E-state index in [2.05, 4.69) is 26.7 Å². The summed E-state index contributed by atoms with van der Waals surface area (Å²) in [6.45, 7) is 6.15. The topological polar surface area (TPSA) is 69.3 Å².